The third kappa shape index (κ3) is 1.47. The highest BCUT2D eigenvalue weighted by Gasteiger charge is 2.36. The molecule has 0 aromatic heterocycles. The fourth-order valence-electron chi connectivity index (χ4n) is 2.11. The second kappa shape index (κ2) is 3.28. The number of fused-ring (bicyclic) bond motifs is 1. The monoisotopic (exact) mass is 205 g/mol. The predicted molar refractivity (Wildman–Crippen MR) is 60.6 cm³/mol. The molecule has 1 aromatic carbocycles. The van der Waals surface area contributed by atoms with E-state index in [0.29, 0.717) is 6.04 Å². The molecule has 74 valence electrons. The SMILES string of the molecule is C[C@@H]1C[C@H]1NC1CSc2ccccc21. The summed E-state index contributed by atoms with van der Waals surface area (Å²) in [7, 11) is 0. The van der Waals surface area contributed by atoms with Crippen molar-refractivity contribution in [2.24, 2.45) is 5.92 Å². The second-order valence-electron chi connectivity index (χ2n) is 4.39. The largest absolute Gasteiger partial charge is 0.306 e. The molecule has 0 radical (unpaired) electrons. The minimum Gasteiger partial charge on any atom is -0.306 e. The molecular formula is C12H15NS. The maximum absolute atomic E-state index is 3.74. The summed E-state index contributed by atoms with van der Waals surface area (Å²) < 4.78 is 0. The molecule has 1 aliphatic carbocycles. The summed E-state index contributed by atoms with van der Waals surface area (Å²) in [6.07, 6.45) is 1.36. The zero-order valence-corrected chi connectivity index (χ0v) is 9.18. The Morgan fingerprint density at radius 3 is 2.93 bits per heavy atom. The Hall–Kier alpha value is -0.470. The van der Waals surface area contributed by atoms with Gasteiger partial charge in [-0.3, -0.25) is 0 Å². The predicted octanol–water partition coefficient (Wildman–Crippen LogP) is 2.83. The molecule has 1 nitrogen and oxygen atoms in total. The van der Waals surface area contributed by atoms with E-state index in [1.54, 1.807) is 0 Å². The highest BCUT2D eigenvalue weighted by atomic mass is 32.2. The summed E-state index contributed by atoms with van der Waals surface area (Å²) in [5.74, 6) is 2.11. The van der Waals surface area contributed by atoms with E-state index in [9.17, 15) is 0 Å². The molecule has 1 heterocycles. The van der Waals surface area contributed by atoms with Crippen LogP contribution in [0.25, 0.3) is 0 Å². The molecule has 0 saturated heterocycles. The van der Waals surface area contributed by atoms with Crippen LogP contribution in [0, 0.1) is 5.92 Å². The van der Waals surface area contributed by atoms with Crippen LogP contribution in [0.4, 0.5) is 0 Å². The molecule has 1 fully saturated rings. The number of nitrogens with one attached hydrogen (secondary N) is 1. The van der Waals surface area contributed by atoms with Crippen molar-refractivity contribution in [3.8, 4) is 0 Å². The third-order valence-electron chi connectivity index (χ3n) is 3.22. The first-order valence-electron chi connectivity index (χ1n) is 5.32. The van der Waals surface area contributed by atoms with Crippen molar-refractivity contribution < 1.29 is 0 Å². The quantitative estimate of drug-likeness (QED) is 0.797. The maximum Gasteiger partial charge on any atom is 0.0428 e. The Balaban J connectivity index is 1.77. The van der Waals surface area contributed by atoms with Crippen molar-refractivity contribution in [2.45, 2.75) is 30.3 Å². The summed E-state index contributed by atoms with van der Waals surface area (Å²) in [5.41, 5.74) is 1.51. The van der Waals surface area contributed by atoms with E-state index in [2.05, 4.69) is 36.5 Å². The van der Waals surface area contributed by atoms with Crippen LogP contribution in [0.1, 0.15) is 24.9 Å². The normalized spacial score (nSPS) is 34.2. The first-order chi connectivity index (χ1) is 6.84. The molecule has 0 bridgehead atoms. The summed E-state index contributed by atoms with van der Waals surface area (Å²) in [6.45, 7) is 2.33. The zero-order chi connectivity index (χ0) is 9.54. The summed E-state index contributed by atoms with van der Waals surface area (Å²) in [5, 5.41) is 3.74. The molecule has 1 N–H and O–H groups in total. The van der Waals surface area contributed by atoms with E-state index in [1.807, 2.05) is 11.8 Å². The van der Waals surface area contributed by atoms with Gasteiger partial charge >= 0.3 is 0 Å². The molecule has 0 spiro atoms. The average Bonchev–Trinajstić information content (AvgIpc) is 2.75. The van der Waals surface area contributed by atoms with Crippen molar-refractivity contribution in [1.29, 1.82) is 0 Å². The van der Waals surface area contributed by atoms with E-state index in [-0.39, 0.29) is 0 Å². The lowest BCUT2D eigenvalue weighted by molar-refractivity contribution is 0.560. The van der Waals surface area contributed by atoms with Crippen LogP contribution in [0.2, 0.25) is 0 Å². The number of benzene rings is 1. The lowest BCUT2D eigenvalue weighted by Gasteiger charge is -2.12. The first-order valence-corrected chi connectivity index (χ1v) is 6.31. The Labute approximate surface area is 89.3 Å². The molecule has 2 aliphatic rings. The smallest absolute Gasteiger partial charge is 0.0428 e. The molecular weight excluding hydrogens is 190 g/mol. The Bertz CT molecular complexity index is 350. The molecule has 1 unspecified atom stereocenters. The molecule has 0 amide bonds. The van der Waals surface area contributed by atoms with Crippen molar-refractivity contribution in [3.63, 3.8) is 0 Å². The minimum absolute atomic E-state index is 0.603. The van der Waals surface area contributed by atoms with Gasteiger partial charge in [-0.15, -0.1) is 11.8 Å². The minimum atomic E-state index is 0.603. The van der Waals surface area contributed by atoms with E-state index >= 15 is 0 Å². The van der Waals surface area contributed by atoms with Gasteiger partial charge in [-0.05, 0) is 24.0 Å². The molecule has 1 saturated carbocycles. The zero-order valence-electron chi connectivity index (χ0n) is 8.36. The molecule has 1 aromatic rings. The van der Waals surface area contributed by atoms with Gasteiger partial charge in [0.2, 0.25) is 0 Å². The van der Waals surface area contributed by atoms with Crippen molar-refractivity contribution in [1.82, 2.24) is 5.32 Å². The number of thioether (sulfide) groups is 1. The molecule has 3 atom stereocenters. The molecule has 1 aliphatic heterocycles. The van der Waals surface area contributed by atoms with Gasteiger partial charge in [-0.1, -0.05) is 25.1 Å². The van der Waals surface area contributed by atoms with Gasteiger partial charge in [0.25, 0.3) is 0 Å². The van der Waals surface area contributed by atoms with Crippen LogP contribution in [0.5, 0.6) is 0 Å². The van der Waals surface area contributed by atoms with Crippen molar-refractivity contribution >= 4 is 11.8 Å². The first kappa shape index (κ1) is 8.81. The van der Waals surface area contributed by atoms with Gasteiger partial charge in [0.05, 0.1) is 0 Å². The fourth-order valence-corrected chi connectivity index (χ4v) is 3.29. The maximum atomic E-state index is 3.74. The second-order valence-corrected chi connectivity index (χ2v) is 5.45. The highest BCUT2D eigenvalue weighted by molar-refractivity contribution is 7.99. The highest BCUT2D eigenvalue weighted by Crippen LogP contribution is 2.40. The average molecular weight is 205 g/mol. The summed E-state index contributed by atoms with van der Waals surface area (Å²) in [6, 6.07) is 10.2. The van der Waals surface area contributed by atoms with Crippen molar-refractivity contribution in [2.75, 3.05) is 5.75 Å². The van der Waals surface area contributed by atoms with Crippen LogP contribution in [-0.4, -0.2) is 11.8 Å². The summed E-state index contributed by atoms with van der Waals surface area (Å²) in [4.78, 5) is 1.47. The van der Waals surface area contributed by atoms with Crippen LogP contribution >= 0.6 is 11.8 Å². The van der Waals surface area contributed by atoms with Gasteiger partial charge in [0.1, 0.15) is 0 Å². The topological polar surface area (TPSA) is 12.0 Å². The van der Waals surface area contributed by atoms with Gasteiger partial charge in [-0.25, -0.2) is 0 Å². The van der Waals surface area contributed by atoms with Gasteiger partial charge in [-0.2, -0.15) is 0 Å². The Morgan fingerprint density at radius 1 is 1.36 bits per heavy atom. The third-order valence-corrected chi connectivity index (χ3v) is 4.41. The molecule has 3 rings (SSSR count). The summed E-state index contributed by atoms with van der Waals surface area (Å²) >= 11 is 1.98. The van der Waals surface area contributed by atoms with Gasteiger partial charge in [0, 0.05) is 22.7 Å². The number of hydrogen-bond acceptors (Lipinski definition) is 2. The lowest BCUT2D eigenvalue weighted by Crippen LogP contribution is -2.24. The van der Waals surface area contributed by atoms with Crippen LogP contribution in [-0.2, 0) is 0 Å². The fraction of sp³-hybridized carbons (Fsp3) is 0.500. The van der Waals surface area contributed by atoms with Crippen LogP contribution in [0.3, 0.4) is 0 Å². The number of rotatable bonds is 2. The molecule has 14 heavy (non-hydrogen) atoms. The van der Waals surface area contributed by atoms with E-state index in [1.165, 1.54) is 22.6 Å². The lowest BCUT2D eigenvalue weighted by atomic mass is 10.1. The Morgan fingerprint density at radius 2 is 2.14 bits per heavy atom. The Kier molecular flexibility index (Phi) is 2.06. The van der Waals surface area contributed by atoms with Crippen LogP contribution < -0.4 is 5.32 Å². The van der Waals surface area contributed by atoms with Crippen LogP contribution in [0.15, 0.2) is 29.2 Å². The van der Waals surface area contributed by atoms with E-state index in [0.717, 1.165) is 12.0 Å². The standard InChI is InChI=1S/C12H15NS/c1-8-6-10(8)13-11-7-14-12-5-3-2-4-9(11)12/h2-5,8,10-11,13H,6-7H2,1H3/t8-,10-,11?/m1/s1. The van der Waals surface area contributed by atoms with Gasteiger partial charge in [0.15, 0.2) is 0 Å². The number of hydrogen-bond donors (Lipinski definition) is 1. The van der Waals surface area contributed by atoms with E-state index < -0.39 is 0 Å². The van der Waals surface area contributed by atoms with E-state index in [4.69, 9.17) is 0 Å². The van der Waals surface area contributed by atoms with Crippen molar-refractivity contribution in [3.05, 3.63) is 29.8 Å². The van der Waals surface area contributed by atoms with Gasteiger partial charge < -0.3 is 5.32 Å². The molecule has 2 heteroatoms.